The van der Waals surface area contributed by atoms with E-state index in [0.717, 1.165) is 0 Å². The predicted molar refractivity (Wildman–Crippen MR) is 119 cm³/mol. The molecule has 10 heteroatoms. The quantitative estimate of drug-likeness (QED) is 0.420. The number of hydrogen-bond donors (Lipinski definition) is 1. The standard InChI is InChI=1S/C21H21ClN4O5/c1-28-15-7-5-14(6-8-15)26-21(27)19(22)16(12-24-26)25-23-11-13-9-17(29-2)20(31-4)18(10-13)30-3/h5-12,25H,1-4H3/b23-11-. The highest BCUT2D eigenvalue weighted by atomic mass is 35.5. The second-order valence-electron chi connectivity index (χ2n) is 6.12. The Kier molecular flexibility index (Phi) is 6.99. The molecule has 9 nitrogen and oxygen atoms in total. The average molecular weight is 445 g/mol. The molecule has 0 spiro atoms. The van der Waals surface area contributed by atoms with Crippen molar-refractivity contribution in [2.75, 3.05) is 33.9 Å². The van der Waals surface area contributed by atoms with E-state index in [1.807, 2.05) is 0 Å². The van der Waals surface area contributed by atoms with Crippen molar-refractivity contribution in [3.63, 3.8) is 0 Å². The second-order valence-corrected chi connectivity index (χ2v) is 6.49. The highest BCUT2D eigenvalue weighted by Crippen LogP contribution is 2.37. The molecule has 3 rings (SSSR count). The zero-order valence-electron chi connectivity index (χ0n) is 17.4. The van der Waals surface area contributed by atoms with Crippen molar-refractivity contribution in [2.24, 2.45) is 5.10 Å². The Labute approximate surface area is 183 Å². The summed E-state index contributed by atoms with van der Waals surface area (Å²) in [4.78, 5) is 12.6. The molecule has 0 fully saturated rings. The molecule has 1 aromatic heterocycles. The summed E-state index contributed by atoms with van der Waals surface area (Å²) >= 11 is 6.23. The van der Waals surface area contributed by atoms with Gasteiger partial charge < -0.3 is 18.9 Å². The molecule has 0 atom stereocenters. The van der Waals surface area contributed by atoms with Gasteiger partial charge in [0.25, 0.3) is 5.56 Å². The Morgan fingerprint density at radius 1 is 1.00 bits per heavy atom. The first-order chi connectivity index (χ1) is 15.0. The molecule has 162 valence electrons. The smallest absolute Gasteiger partial charge is 0.292 e. The maximum absolute atomic E-state index is 12.6. The molecule has 0 aliphatic heterocycles. The lowest BCUT2D eigenvalue weighted by molar-refractivity contribution is 0.324. The molecule has 3 aromatic rings. The number of nitrogens with one attached hydrogen (secondary N) is 1. The van der Waals surface area contributed by atoms with E-state index in [1.54, 1.807) is 43.5 Å². The number of nitrogens with zero attached hydrogens (tertiary/aromatic N) is 3. The largest absolute Gasteiger partial charge is 0.497 e. The Morgan fingerprint density at radius 3 is 2.19 bits per heavy atom. The van der Waals surface area contributed by atoms with Gasteiger partial charge in [0.2, 0.25) is 5.75 Å². The fraction of sp³-hybridized carbons (Fsp3) is 0.190. The summed E-state index contributed by atoms with van der Waals surface area (Å²) in [6.07, 6.45) is 2.94. The van der Waals surface area contributed by atoms with Gasteiger partial charge in [-0.15, -0.1) is 0 Å². The van der Waals surface area contributed by atoms with E-state index in [1.165, 1.54) is 38.4 Å². The summed E-state index contributed by atoms with van der Waals surface area (Å²) in [5.74, 6) is 2.13. The number of benzene rings is 2. The van der Waals surface area contributed by atoms with Gasteiger partial charge in [-0.25, -0.2) is 0 Å². The second kappa shape index (κ2) is 9.86. The summed E-state index contributed by atoms with van der Waals surface area (Å²) in [7, 11) is 6.15. The van der Waals surface area contributed by atoms with Crippen LogP contribution in [0.5, 0.6) is 23.0 Å². The number of ether oxygens (including phenoxy) is 4. The van der Waals surface area contributed by atoms with Crippen molar-refractivity contribution in [3.8, 4) is 28.7 Å². The molecule has 2 aromatic carbocycles. The lowest BCUT2D eigenvalue weighted by Gasteiger charge is -2.12. The molecular formula is C21H21ClN4O5. The molecule has 1 N–H and O–H groups in total. The van der Waals surface area contributed by atoms with Gasteiger partial charge in [-0.3, -0.25) is 10.2 Å². The highest BCUT2D eigenvalue weighted by molar-refractivity contribution is 6.32. The van der Waals surface area contributed by atoms with Crippen LogP contribution in [-0.2, 0) is 0 Å². The molecule has 0 radical (unpaired) electrons. The van der Waals surface area contributed by atoms with E-state index in [2.05, 4.69) is 15.6 Å². The summed E-state index contributed by atoms with van der Waals surface area (Å²) in [6, 6.07) is 10.3. The summed E-state index contributed by atoms with van der Waals surface area (Å²) in [5, 5.41) is 8.23. The number of hydrazone groups is 1. The van der Waals surface area contributed by atoms with Gasteiger partial charge in [0.05, 0.1) is 46.5 Å². The first-order valence-corrected chi connectivity index (χ1v) is 9.41. The van der Waals surface area contributed by atoms with Crippen LogP contribution < -0.4 is 29.9 Å². The molecule has 1 heterocycles. The number of anilines is 1. The molecule has 31 heavy (non-hydrogen) atoms. The van der Waals surface area contributed by atoms with E-state index in [-0.39, 0.29) is 10.7 Å². The van der Waals surface area contributed by atoms with Crippen molar-refractivity contribution in [1.82, 2.24) is 9.78 Å². The predicted octanol–water partition coefficient (Wildman–Crippen LogP) is 3.37. The van der Waals surface area contributed by atoms with Gasteiger partial charge >= 0.3 is 0 Å². The fourth-order valence-corrected chi connectivity index (χ4v) is 2.94. The van der Waals surface area contributed by atoms with E-state index >= 15 is 0 Å². The van der Waals surface area contributed by atoms with Crippen LogP contribution in [0.4, 0.5) is 5.69 Å². The maximum atomic E-state index is 12.6. The average Bonchev–Trinajstić information content (AvgIpc) is 2.81. The van der Waals surface area contributed by atoms with E-state index in [0.29, 0.717) is 34.2 Å². The normalized spacial score (nSPS) is 10.7. The lowest BCUT2D eigenvalue weighted by atomic mass is 10.2. The molecule has 0 bridgehead atoms. The zero-order chi connectivity index (χ0) is 22.4. The third-order valence-electron chi connectivity index (χ3n) is 4.32. The van der Waals surface area contributed by atoms with Crippen LogP contribution in [0.25, 0.3) is 5.69 Å². The van der Waals surface area contributed by atoms with Gasteiger partial charge in [0, 0.05) is 5.56 Å². The number of methoxy groups -OCH3 is 4. The van der Waals surface area contributed by atoms with Gasteiger partial charge in [-0.2, -0.15) is 14.9 Å². The SMILES string of the molecule is COc1ccc(-n2ncc(N/N=C\c3cc(OC)c(OC)c(OC)c3)c(Cl)c2=O)cc1. The van der Waals surface area contributed by atoms with Crippen molar-refractivity contribution in [3.05, 3.63) is 63.5 Å². The molecule has 0 aliphatic carbocycles. The minimum absolute atomic E-state index is 0.0483. The van der Waals surface area contributed by atoms with Crippen LogP contribution in [0.2, 0.25) is 5.02 Å². The lowest BCUT2D eigenvalue weighted by Crippen LogP contribution is -2.22. The molecular weight excluding hydrogens is 424 g/mol. The third-order valence-corrected chi connectivity index (χ3v) is 4.69. The minimum atomic E-state index is -0.486. The number of halogens is 1. The number of hydrogen-bond acceptors (Lipinski definition) is 8. The van der Waals surface area contributed by atoms with E-state index in [9.17, 15) is 4.79 Å². The van der Waals surface area contributed by atoms with Gasteiger partial charge in [0.1, 0.15) is 16.5 Å². The van der Waals surface area contributed by atoms with Crippen LogP contribution in [0.1, 0.15) is 5.56 Å². The van der Waals surface area contributed by atoms with Crippen LogP contribution in [-0.4, -0.2) is 44.4 Å². The third kappa shape index (κ3) is 4.72. The van der Waals surface area contributed by atoms with E-state index < -0.39 is 5.56 Å². The van der Waals surface area contributed by atoms with Crippen LogP contribution >= 0.6 is 11.6 Å². The summed E-state index contributed by atoms with van der Waals surface area (Å²) in [5.41, 5.74) is 3.74. The molecule has 0 aliphatic rings. The Bertz CT molecular complexity index is 1120. The number of aromatic nitrogens is 2. The Balaban J connectivity index is 1.83. The number of rotatable bonds is 8. The fourth-order valence-electron chi connectivity index (χ4n) is 2.77. The summed E-state index contributed by atoms with van der Waals surface area (Å²) in [6.45, 7) is 0. The van der Waals surface area contributed by atoms with Crippen LogP contribution in [0, 0.1) is 0 Å². The first-order valence-electron chi connectivity index (χ1n) is 9.03. The highest BCUT2D eigenvalue weighted by Gasteiger charge is 2.13. The zero-order valence-corrected chi connectivity index (χ0v) is 18.1. The Hall–Kier alpha value is -3.72. The minimum Gasteiger partial charge on any atom is -0.497 e. The first kappa shape index (κ1) is 22.0. The van der Waals surface area contributed by atoms with Crippen LogP contribution in [0.3, 0.4) is 0 Å². The molecule has 0 saturated heterocycles. The van der Waals surface area contributed by atoms with Gasteiger partial charge in [0.15, 0.2) is 11.5 Å². The maximum Gasteiger partial charge on any atom is 0.292 e. The Morgan fingerprint density at radius 2 is 1.65 bits per heavy atom. The van der Waals surface area contributed by atoms with Crippen LogP contribution in [0.15, 0.2) is 52.5 Å². The van der Waals surface area contributed by atoms with Gasteiger partial charge in [-0.1, -0.05) is 11.6 Å². The van der Waals surface area contributed by atoms with Crippen molar-refractivity contribution in [2.45, 2.75) is 0 Å². The van der Waals surface area contributed by atoms with Crippen molar-refractivity contribution < 1.29 is 18.9 Å². The van der Waals surface area contributed by atoms with Gasteiger partial charge in [-0.05, 0) is 36.4 Å². The van der Waals surface area contributed by atoms with Crippen molar-refractivity contribution >= 4 is 23.5 Å². The van der Waals surface area contributed by atoms with E-state index in [4.69, 9.17) is 30.5 Å². The molecule has 0 amide bonds. The topological polar surface area (TPSA) is 96.2 Å². The molecule has 0 unspecified atom stereocenters. The summed E-state index contributed by atoms with van der Waals surface area (Å²) < 4.78 is 22.2. The van der Waals surface area contributed by atoms with Crippen molar-refractivity contribution in [1.29, 1.82) is 0 Å². The molecule has 0 saturated carbocycles. The monoisotopic (exact) mass is 444 g/mol.